The number of urea groups is 1. The lowest BCUT2D eigenvalue weighted by Gasteiger charge is -2.27. The van der Waals surface area contributed by atoms with E-state index in [1.54, 1.807) is 17.3 Å². The van der Waals surface area contributed by atoms with E-state index in [1.165, 1.54) is 0 Å². The Morgan fingerprint density at radius 1 is 1.38 bits per heavy atom. The summed E-state index contributed by atoms with van der Waals surface area (Å²) in [5.74, 6) is 0. The van der Waals surface area contributed by atoms with Crippen LogP contribution >= 0.6 is 0 Å². The summed E-state index contributed by atoms with van der Waals surface area (Å²) in [4.78, 5) is 17.0. The highest BCUT2D eigenvalue weighted by Gasteiger charge is 2.18. The van der Waals surface area contributed by atoms with Gasteiger partial charge in [0.15, 0.2) is 0 Å². The van der Waals surface area contributed by atoms with Gasteiger partial charge in [-0.05, 0) is 18.6 Å². The van der Waals surface area contributed by atoms with Crippen LogP contribution in [0.25, 0.3) is 0 Å². The molecule has 1 aromatic rings. The molecular formula is C9H11N3O. The first kappa shape index (κ1) is 8.04. The molecule has 2 rings (SSSR count). The second-order valence-electron chi connectivity index (χ2n) is 2.94. The number of rotatable bonds is 1. The number of pyridine rings is 1. The Hall–Kier alpha value is -1.58. The number of nitrogens with zero attached hydrogens (tertiary/aromatic N) is 2. The summed E-state index contributed by atoms with van der Waals surface area (Å²) in [7, 11) is 0. The molecule has 4 heteroatoms. The van der Waals surface area contributed by atoms with Gasteiger partial charge in [0.05, 0.1) is 0 Å². The molecule has 2 amide bonds. The van der Waals surface area contributed by atoms with E-state index < -0.39 is 0 Å². The van der Waals surface area contributed by atoms with E-state index in [9.17, 15) is 4.79 Å². The molecule has 68 valence electrons. The zero-order valence-electron chi connectivity index (χ0n) is 7.23. The standard InChI is InChI=1S/C9H11N3O/c13-9-11-4-1-7-12(9)8-2-5-10-6-3-8/h2-3,5-6H,1,4,7H2,(H,11,13). The highest BCUT2D eigenvalue weighted by Crippen LogP contribution is 2.14. The van der Waals surface area contributed by atoms with Crippen molar-refractivity contribution in [1.82, 2.24) is 10.3 Å². The summed E-state index contributed by atoms with van der Waals surface area (Å²) in [6, 6.07) is 3.66. The van der Waals surface area contributed by atoms with Crippen LogP contribution in [0.5, 0.6) is 0 Å². The summed E-state index contributed by atoms with van der Waals surface area (Å²) in [6.07, 6.45) is 4.38. The Balaban J connectivity index is 2.20. The molecule has 0 atom stereocenters. The number of hydrogen-bond acceptors (Lipinski definition) is 2. The van der Waals surface area contributed by atoms with Gasteiger partial charge in [-0.25, -0.2) is 4.79 Å². The number of amides is 2. The van der Waals surface area contributed by atoms with Crippen LogP contribution in [0.3, 0.4) is 0 Å². The van der Waals surface area contributed by atoms with Crippen molar-refractivity contribution in [3.05, 3.63) is 24.5 Å². The van der Waals surface area contributed by atoms with Crippen molar-refractivity contribution in [2.24, 2.45) is 0 Å². The summed E-state index contributed by atoms with van der Waals surface area (Å²) in [5.41, 5.74) is 0.909. The normalized spacial score (nSPS) is 16.9. The molecule has 0 spiro atoms. The molecule has 13 heavy (non-hydrogen) atoms. The fourth-order valence-corrected chi connectivity index (χ4v) is 1.40. The number of hydrogen-bond donors (Lipinski definition) is 1. The van der Waals surface area contributed by atoms with Gasteiger partial charge in [0.2, 0.25) is 0 Å². The third-order valence-corrected chi connectivity index (χ3v) is 2.05. The van der Waals surface area contributed by atoms with Crippen molar-refractivity contribution in [3.8, 4) is 0 Å². The molecule has 0 aromatic carbocycles. The van der Waals surface area contributed by atoms with Gasteiger partial charge in [0, 0.05) is 31.2 Å². The van der Waals surface area contributed by atoms with Gasteiger partial charge in [-0.3, -0.25) is 9.88 Å². The highest BCUT2D eigenvalue weighted by molar-refractivity contribution is 5.92. The van der Waals surface area contributed by atoms with Gasteiger partial charge in [0.25, 0.3) is 0 Å². The second kappa shape index (κ2) is 3.43. The van der Waals surface area contributed by atoms with Crippen LogP contribution in [0.2, 0.25) is 0 Å². The highest BCUT2D eigenvalue weighted by atomic mass is 16.2. The van der Waals surface area contributed by atoms with Gasteiger partial charge in [-0.15, -0.1) is 0 Å². The second-order valence-corrected chi connectivity index (χ2v) is 2.94. The first-order chi connectivity index (χ1) is 6.38. The number of carbonyl (C=O) groups excluding carboxylic acids is 1. The van der Waals surface area contributed by atoms with E-state index in [4.69, 9.17) is 0 Å². The van der Waals surface area contributed by atoms with Crippen molar-refractivity contribution in [2.75, 3.05) is 18.0 Å². The maximum Gasteiger partial charge on any atom is 0.321 e. The van der Waals surface area contributed by atoms with Crippen molar-refractivity contribution in [2.45, 2.75) is 6.42 Å². The predicted molar refractivity (Wildman–Crippen MR) is 49.6 cm³/mol. The predicted octanol–water partition coefficient (Wildman–Crippen LogP) is 1.00. The largest absolute Gasteiger partial charge is 0.338 e. The molecule has 1 aliphatic heterocycles. The lowest BCUT2D eigenvalue weighted by molar-refractivity contribution is 0.243. The molecule has 0 bridgehead atoms. The van der Waals surface area contributed by atoms with Crippen molar-refractivity contribution in [3.63, 3.8) is 0 Å². The Kier molecular flexibility index (Phi) is 2.12. The Labute approximate surface area is 76.6 Å². The Bertz CT molecular complexity index is 299. The summed E-state index contributed by atoms with van der Waals surface area (Å²) in [5, 5.41) is 2.80. The maximum atomic E-state index is 11.4. The van der Waals surface area contributed by atoms with Crippen LogP contribution in [0.1, 0.15) is 6.42 Å². The van der Waals surface area contributed by atoms with Crippen LogP contribution < -0.4 is 10.2 Å². The molecule has 0 radical (unpaired) electrons. The molecule has 1 N–H and O–H groups in total. The molecule has 1 fully saturated rings. The molecule has 1 saturated heterocycles. The molecular weight excluding hydrogens is 166 g/mol. The van der Waals surface area contributed by atoms with Gasteiger partial charge in [0.1, 0.15) is 0 Å². The average molecular weight is 177 g/mol. The number of anilines is 1. The minimum Gasteiger partial charge on any atom is -0.338 e. The number of carbonyl (C=O) groups is 1. The molecule has 4 nitrogen and oxygen atoms in total. The number of aromatic nitrogens is 1. The van der Waals surface area contributed by atoms with E-state index in [2.05, 4.69) is 10.3 Å². The van der Waals surface area contributed by atoms with Gasteiger partial charge < -0.3 is 5.32 Å². The van der Waals surface area contributed by atoms with E-state index >= 15 is 0 Å². The van der Waals surface area contributed by atoms with Crippen LogP contribution in [-0.2, 0) is 0 Å². The minimum absolute atomic E-state index is 0.0162. The molecule has 0 aliphatic carbocycles. The monoisotopic (exact) mass is 177 g/mol. The zero-order chi connectivity index (χ0) is 9.10. The third kappa shape index (κ3) is 1.61. The van der Waals surface area contributed by atoms with E-state index in [1.807, 2.05) is 12.1 Å². The fraction of sp³-hybridized carbons (Fsp3) is 0.333. The SMILES string of the molecule is O=C1NCCCN1c1ccncc1. The third-order valence-electron chi connectivity index (χ3n) is 2.05. The molecule has 0 unspecified atom stereocenters. The topological polar surface area (TPSA) is 45.2 Å². The maximum absolute atomic E-state index is 11.4. The lowest BCUT2D eigenvalue weighted by Crippen LogP contribution is -2.46. The zero-order valence-corrected chi connectivity index (χ0v) is 7.23. The van der Waals surface area contributed by atoms with Gasteiger partial charge in [-0.1, -0.05) is 0 Å². The van der Waals surface area contributed by atoms with Crippen molar-refractivity contribution >= 4 is 11.7 Å². The Morgan fingerprint density at radius 3 is 2.85 bits per heavy atom. The summed E-state index contributed by atoms with van der Waals surface area (Å²) < 4.78 is 0. The van der Waals surface area contributed by atoms with Crippen molar-refractivity contribution < 1.29 is 4.79 Å². The quantitative estimate of drug-likeness (QED) is 0.695. The number of nitrogens with one attached hydrogen (secondary N) is 1. The Morgan fingerprint density at radius 2 is 2.15 bits per heavy atom. The lowest BCUT2D eigenvalue weighted by atomic mass is 10.3. The van der Waals surface area contributed by atoms with Gasteiger partial charge in [-0.2, -0.15) is 0 Å². The van der Waals surface area contributed by atoms with Crippen LogP contribution in [0.4, 0.5) is 10.5 Å². The molecule has 1 aliphatic rings. The minimum atomic E-state index is -0.0162. The first-order valence-corrected chi connectivity index (χ1v) is 4.33. The van der Waals surface area contributed by atoms with Crippen molar-refractivity contribution in [1.29, 1.82) is 0 Å². The molecule has 1 aromatic heterocycles. The summed E-state index contributed by atoms with van der Waals surface area (Å²) >= 11 is 0. The molecule has 0 saturated carbocycles. The van der Waals surface area contributed by atoms with E-state index in [0.29, 0.717) is 0 Å². The summed E-state index contributed by atoms with van der Waals surface area (Å²) in [6.45, 7) is 1.57. The van der Waals surface area contributed by atoms with Gasteiger partial charge >= 0.3 is 6.03 Å². The van der Waals surface area contributed by atoms with Crippen LogP contribution in [0, 0.1) is 0 Å². The smallest absolute Gasteiger partial charge is 0.321 e. The first-order valence-electron chi connectivity index (χ1n) is 4.33. The van der Waals surface area contributed by atoms with Crippen LogP contribution in [-0.4, -0.2) is 24.1 Å². The average Bonchev–Trinajstić information content (AvgIpc) is 2.20. The van der Waals surface area contributed by atoms with E-state index in [-0.39, 0.29) is 6.03 Å². The van der Waals surface area contributed by atoms with E-state index in [0.717, 1.165) is 25.2 Å². The molecule has 2 heterocycles. The fourth-order valence-electron chi connectivity index (χ4n) is 1.40. The van der Waals surface area contributed by atoms with Crippen LogP contribution in [0.15, 0.2) is 24.5 Å².